The van der Waals surface area contributed by atoms with Crippen LogP contribution in [0.2, 0.25) is 0 Å². The van der Waals surface area contributed by atoms with Gasteiger partial charge in [-0.3, -0.25) is 4.68 Å². The van der Waals surface area contributed by atoms with Crippen molar-refractivity contribution in [2.24, 2.45) is 0 Å². The molecule has 0 unspecified atom stereocenters. The topological polar surface area (TPSA) is 44.9 Å². The molecule has 3 aromatic heterocycles. The predicted molar refractivity (Wildman–Crippen MR) is 178 cm³/mol. The first-order valence-electron chi connectivity index (χ1n) is 15.2. The van der Waals surface area contributed by atoms with E-state index >= 15 is 0 Å². The molecule has 5 nitrogen and oxygen atoms in total. The van der Waals surface area contributed by atoms with Crippen LogP contribution in [0.4, 0.5) is 0 Å². The minimum Gasteiger partial charge on any atom is -0.509 e. The van der Waals surface area contributed by atoms with Gasteiger partial charge in [0.15, 0.2) is 0 Å². The van der Waals surface area contributed by atoms with E-state index in [9.17, 15) is 0 Å². The Morgan fingerprint density at radius 2 is 1.62 bits per heavy atom. The number of para-hydroxylation sites is 1. The third-order valence-corrected chi connectivity index (χ3v) is 8.19. The maximum absolute atomic E-state index is 6.35. The van der Waals surface area contributed by atoms with Crippen LogP contribution in [0.3, 0.4) is 0 Å². The van der Waals surface area contributed by atoms with Crippen LogP contribution in [0.25, 0.3) is 44.4 Å². The number of pyridine rings is 1. The third-order valence-electron chi connectivity index (χ3n) is 8.19. The molecule has 7 aromatic rings. The standard InChI is InChI=1S/C39H34N4O.Pt/c1-5-6-10-29-20-27(3)39(28(4)21-29)30-24-41-42(25-30)31-11-9-12-32(22-31)44-33-15-16-35-34-13-7-8-14-36(34)43(37(35)23-33)38-19-26(2)17-18-40-38;/h7-9,11-21,24-25H,5-6,10H2,1-4H3;/q-2;+2. The van der Waals surface area contributed by atoms with E-state index in [1.165, 1.54) is 35.1 Å². The summed E-state index contributed by atoms with van der Waals surface area (Å²) >= 11 is 0. The quantitative estimate of drug-likeness (QED) is 0.145. The van der Waals surface area contributed by atoms with Gasteiger partial charge in [0, 0.05) is 35.0 Å². The van der Waals surface area contributed by atoms with E-state index in [0.717, 1.165) is 50.9 Å². The maximum atomic E-state index is 6.35. The number of aromatic nitrogens is 4. The molecule has 226 valence electrons. The number of hydrogen-bond acceptors (Lipinski definition) is 3. The van der Waals surface area contributed by atoms with E-state index in [-0.39, 0.29) is 21.1 Å². The van der Waals surface area contributed by atoms with Gasteiger partial charge in [-0.15, -0.1) is 35.7 Å². The summed E-state index contributed by atoms with van der Waals surface area (Å²) in [5.74, 6) is 2.06. The average molecular weight is 770 g/mol. The predicted octanol–water partition coefficient (Wildman–Crippen LogP) is 9.69. The Morgan fingerprint density at radius 1 is 0.822 bits per heavy atom. The van der Waals surface area contributed by atoms with Gasteiger partial charge in [0.05, 0.1) is 6.20 Å². The summed E-state index contributed by atoms with van der Waals surface area (Å²) in [6.07, 6.45) is 9.38. The minimum absolute atomic E-state index is 0. The Bertz CT molecular complexity index is 2120. The monoisotopic (exact) mass is 769 g/mol. The van der Waals surface area contributed by atoms with Crippen LogP contribution in [-0.2, 0) is 27.5 Å². The number of rotatable bonds is 8. The zero-order chi connectivity index (χ0) is 30.2. The molecule has 0 spiro atoms. The summed E-state index contributed by atoms with van der Waals surface area (Å²) in [4.78, 5) is 4.68. The molecule has 0 radical (unpaired) electrons. The Balaban J connectivity index is 0.00000357. The van der Waals surface area contributed by atoms with E-state index in [4.69, 9.17) is 9.84 Å². The summed E-state index contributed by atoms with van der Waals surface area (Å²) in [5.41, 5.74) is 10.3. The van der Waals surface area contributed by atoms with Gasteiger partial charge in [0.25, 0.3) is 0 Å². The van der Waals surface area contributed by atoms with Crippen molar-refractivity contribution < 1.29 is 25.8 Å². The fourth-order valence-electron chi connectivity index (χ4n) is 6.18. The molecule has 7 rings (SSSR count). The Hall–Kier alpha value is -4.47. The van der Waals surface area contributed by atoms with Crippen LogP contribution in [0, 0.1) is 32.9 Å². The van der Waals surface area contributed by atoms with Gasteiger partial charge < -0.3 is 9.30 Å². The molecule has 4 aromatic carbocycles. The molecule has 0 fully saturated rings. The fraction of sp³-hybridized carbons (Fsp3) is 0.179. The summed E-state index contributed by atoms with van der Waals surface area (Å²) in [6, 6.07) is 34.0. The smallest absolute Gasteiger partial charge is 0.509 e. The number of unbranched alkanes of at least 4 members (excludes halogenated alkanes) is 1. The van der Waals surface area contributed by atoms with Gasteiger partial charge in [0.1, 0.15) is 5.82 Å². The fourth-order valence-corrected chi connectivity index (χ4v) is 6.18. The van der Waals surface area contributed by atoms with E-state index in [0.29, 0.717) is 11.5 Å². The summed E-state index contributed by atoms with van der Waals surface area (Å²) < 4.78 is 10.4. The molecule has 45 heavy (non-hydrogen) atoms. The SMILES string of the molecule is CCCCc1cc(C)c(-c2cnn(-c3[c-]c(Oc4[c-]c5c(cc4)c4ccccc4n5-c4cc(C)ccn4)ccc3)c2)c(C)c1.[Pt+2]. The molecule has 6 heteroatoms. The van der Waals surface area contributed by atoms with E-state index in [2.05, 4.69) is 104 Å². The Morgan fingerprint density at radius 3 is 2.42 bits per heavy atom. The average Bonchev–Trinajstić information content (AvgIpc) is 3.63. The van der Waals surface area contributed by atoms with Crippen molar-refractivity contribution in [3.05, 3.63) is 132 Å². The maximum Gasteiger partial charge on any atom is 2.00 e. The molecule has 0 bridgehead atoms. The second-order valence-corrected chi connectivity index (χ2v) is 11.5. The molecule has 0 aliphatic carbocycles. The number of ether oxygens (including phenoxy) is 1. The van der Waals surface area contributed by atoms with Crippen molar-refractivity contribution >= 4 is 21.8 Å². The molecule has 0 saturated heterocycles. The molecule has 3 heterocycles. The molecule has 0 aliphatic heterocycles. The Labute approximate surface area is 278 Å². The first-order valence-corrected chi connectivity index (χ1v) is 15.2. The molecule has 0 saturated carbocycles. The van der Waals surface area contributed by atoms with Crippen LogP contribution in [0.5, 0.6) is 11.5 Å². The zero-order valence-corrected chi connectivity index (χ0v) is 28.1. The molecule has 0 atom stereocenters. The van der Waals surface area contributed by atoms with Crippen LogP contribution in [-0.4, -0.2) is 19.3 Å². The van der Waals surface area contributed by atoms with Gasteiger partial charge in [-0.2, -0.15) is 17.2 Å². The zero-order valence-electron chi connectivity index (χ0n) is 25.9. The number of benzene rings is 4. The van der Waals surface area contributed by atoms with Crippen molar-refractivity contribution in [1.29, 1.82) is 0 Å². The normalized spacial score (nSPS) is 11.2. The van der Waals surface area contributed by atoms with Gasteiger partial charge in [-0.1, -0.05) is 49.2 Å². The van der Waals surface area contributed by atoms with Crippen molar-refractivity contribution in [3.8, 4) is 34.1 Å². The minimum atomic E-state index is 0. The number of aryl methyl sites for hydroxylation is 4. The van der Waals surface area contributed by atoms with Crippen molar-refractivity contribution in [2.45, 2.75) is 47.0 Å². The largest absolute Gasteiger partial charge is 2.00 e. The van der Waals surface area contributed by atoms with Crippen LogP contribution in [0.15, 0.2) is 97.5 Å². The van der Waals surface area contributed by atoms with Gasteiger partial charge in [-0.05, 0) is 90.7 Å². The van der Waals surface area contributed by atoms with Crippen LogP contribution >= 0.6 is 0 Å². The summed E-state index contributed by atoms with van der Waals surface area (Å²) in [5, 5.41) is 6.94. The summed E-state index contributed by atoms with van der Waals surface area (Å²) in [7, 11) is 0. The van der Waals surface area contributed by atoms with Gasteiger partial charge in [0.2, 0.25) is 0 Å². The first kappa shape index (κ1) is 30.6. The van der Waals surface area contributed by atoms with Gasteiger partial charge >= 0.3 is 21.1 Å². The molecular formula is C39H34N4OPt. The third kappa shape index (κ3) is 5.97. The van der Waals surface area contributed by atoms with Crippen molar-refractivity contribution in [3.63, 3.8) is 0 Å². The van der Waals surface area contributed by atoms with E-state index in [1.54, 1.807) is 0 Å². The van der Waals surface area contributed by atoms with Crippen molar-refractivity contribution in [2.75, 3.05) is 0 Å². The number of fused-ring (bicyclic) bond motifs is 3. The van der Waals surface area contributed by atoms with Gasteiger partial charge in [-0.25, -0.2) is 4.98 Å². The second kappa shape index (κ2) is 12.9. The van der Waals surface area contributed by atoms with Crippen molar-refractivity contribution in [1.82, 2.24) is 19.3 Å². The molecular weight excluding hydrogens is 736 g/mol. The Kier molecular flexibility index (Phi) is 8.74. The number of nitrogens with zero attached hydrogens (tertiary/aromatic N) is 4. The molecule has 0 amide bonds. The van der Waals surface area contributed by atoms with Crippen LogP contribution < -0.4 is 4.74 Å². The number of hydrogen-bond donors (Lipinski definition) is 0. The molecule has 0 aliphatic rings. The first-order chi connectivity index (χ1) is 21.5. The molecule has 0 N–H and O–H groups in total. The van der Waals surface area contributed by atoms with E-state index in [1.807, 2.05) is 47.4 Å². The van der Waals surface area contributed by atoms with E-state index < -0.39 is 0 Å². The van der Waals surface area contributed by atoms with Crippen LogP contribution in [0.1, 0.15) is 42.0 Å². The summed E-state index contributed by atoms with van der Waals surface area (Å²) in [6.45, 7) is 8.70. The second-order valence-electron chi connectivity index (χ2n) is 11.5.